The lowest BCUT2D eigenvalue weighted by molar-refractivity contribution is -0.145. The fourth-order valence-corrected chi connectivity index (χ4v) is 9.53. The number of nitrogens with zero attached hydrogens (tertiary/aromatic N) is 3. The number of sulfonamides is 1. The van der Waals surface area contributed by atoms with Crippen molar-refractivity contribution < 1.29 is 55.0 Å². The van der Waals surface area contributed by atoms with E-state index in [9.17, 15) is 40.8 Å². The van der Waals surface area contributed by atoms with E-state index in [2.05, 4.69) is 25.3 Å². The average Bonchev–Trinajstić information content (AvgIpc) is 3.51. The Labute approximate surface area is 334 Å². The van der Waals surface area contributed by atoms with Gasteiger partial charge in [-0.05, 0) is 89.7 Å². The molecule has 5 aliphatic rings. The van der Waals surface area contributed by atoms with Gasteiger partial charge in [0, 0.05) is 18.4 Å². The first-order chi connectivity index (χ1) is 27.5. The molecule has 5 atom stereocenters. The molecule has 0 unspecified atom stereocenters. The molecule has 0 bridgehead atoms. The zero-order valence-electron chi connectivity index (χ0n) is 32.4. The van der Waals surface area contributed by atoms with Crippen LogP contribution in [0.25, 0.3) is 11.0 Å². The van der Waals surface area contributed by atoms with E-state index in [4.69, 9.17) is 14.2 Å². The highest BCUT2D eigenvalue weighted by Crippen LogP contribution is 2.45. The minimum atomic E-state index is -4.99. The summed E-state index contributed by atoms with van der Waals surface area (Å²) in [5, 5.41) is 5.48. The van der Waals surface area contributed by atoms with Crippen molar-refractivity contribution in [2.45, 2.75) is 138 Å². The lowest BCUT2D eigenvalue weighted by atomic mass is 9.65. The van der Waals surface area contributed by atoms with E-state index in [-0.39, 0.29) is 36.4 Å². The van der Waals surface area contributed by atoms with Gasteiger partial charge in [0.25, 0.3) is 5.91 Å². The number of allylic oxidation sites excluding steroid dienone is 1. The molecule has 4 fully saturated rings. The van der Waals surface area contributed by atoms with Crippen LogP contribution >= 0.6 is 0 Å². The standard InChI is InChI=1S/C39H49F3N6O9S/c1-37(18-19-37)58(53,54)47-35(51)38-17-16-23(38)10-6-4-3-5-7-13-28(45-36(52)57-24-11-8-9-12-24)34(50)48-22-26(21-30(48)32(49)46-38)56-33-31(39(40,41)42)43-27-15-14-25(55-2)20-29(27)44-33/h6,10,14-15,20,23-24,26,28,30H,3-5,7-9,11-13,16-19,21-22H2,1-2H3,(H,45,52)(H,46,49)(H,47,51)/b10-6-/t23-,26-,28+,30+,38-/m1/s1. The SMILES string of the molecule is COc1ccc2nc(C(F)(F)F)c(O[C@@H]3C[C@H]4C(=O)N[C@]5(C(=O)NS(=O)(=O)C6(C)CC6)CC[C@H]5/C=C\CCCCC[C@H](NC(=O)OC5CCCC5)C(=O)N4C3)nc2c1. The molecule has 2 aliphatic heterocycles. The Balaban J connectivity index is 1.22. The van der Waals surface area contributed by atoms with Crippen LogP contribution in [0.1, 0.15) is 103 Å². The van der Waals surface area contributed by atoms with Crippen molar-refractivity contribution in [1.29, 1.82) is 0 Å². The number of hydrogen-bond donors (Lipinski definition) is 3. The first-order valence-electron chi connectivity index (χ1n) is 19.9. The number of aromatic nitrogens is 2. The van der Waals surface area contributed by atoms with Gasteiger partial charge in [-0.2, -0.15) is 13.2 Å². The quantitative estimate of drug-likeness (QED) is 0.309. The van der Waals surface area contributed by atoms with E-state index in [1.54, 1.807) is 6.08 Å². The first kappa shape index (κ1) is 41.5. The van der Waals surface area contributed by atoms with Gasteiger partial charge < -0.3 is 29.7 Å². The van der Waals surface area contributed by atoms with Gasteiger partial charge in [0.15, 0.2) is 0 Å². The molecule has 3 aliphatic carbocycles. The Bertz CT molecular complexity index is 2070. The Morgan fingerprint density at radius 2 is 1.71 bits per heavy atom. The lowest BCUT2D eigenvalue weighted by Gasteiger charge is -2.47. The molecule has 1 aromatic heterocycles. The summed E-state index contributed by atoms with van der Waals surface area (Å²) in [6.07, 6.45) is 3.17. The molecule has 1 saturated heterocycles. The van der Waals surface area contributed by atoms with E-state index < -0.39 is 92.5 Å². The molecule has 2 aromatic rings. The number of alkyl carbamates (subject to hydrolysis) is 1. The fourth-order valence-electron chi connectivity index (χ4n) is 8.22. The Kier molecular flexibility index (Phi) is 11.6. The second kappa shape index (κ2) is 16.2. The molecule has 0 radical (unpaired) electrons. The van der Waals surface area contributed by atoms with Crippen molar-refractivity contribution in [3.05, 3.63) is 36.0 Å². The number of nitrogens with one attached hydrogen (secondary N) is 3. The third-order valence-electron chi connectivity index (χ3n) is 12.2. The van der Waals surface area contributed by atoms with E-state index >= 15 is 0 Å². The summed E-state index contributed by atoms with van der Waals surface area (Å²) < 4.78 is 87.6. The van der Waals surface area contributed by atoms with Gasteiger partial charge in [-0.25, -0.2) is 23.2 Å². The number of carbonyl (C=O) groups is 4. The Morgan fingerprint density at radius 3 is 2.38 bits per heavy atom. The van der Waals surface area contributed by atoms with Gasteiger partial charge in [0.2, 0.25) is 33.4 Å². The smallest absolute Gasteiger partial charge is 0.438 e. The first-order valence-corrected chi connectivity index (χ1v) is 21.4. The topological polar surface area (TPSA) is 195 Å². The number of carbonyl (C=O) groups excluding carboxylic acids is 4. The van der Waals surface area contributed by atoms with Gasteiger partial charge >= 0.3 is 12.3 Å². The van der Waals surface area contributed by atoms with Crippen LogP contribution in [0, 0.1) is 5.92 Å². The van der Waals surface area contributed by atoms with Crippen LogP contribution in [0.3, 0.4) is 0 Å². The predicted octanol–water partition coefficient (Wildman–Crippen LogP) is 4.83. The number of hydrogen-bond acceptors (Lipinski definition) is 11. The van der Waals surface area contributed by atoms with Crippen LogP contribution in [-0.4, -0.2) is 95.3 Å². The van der Waals surface area contributed by atoms with Crippen molar-refractivity contribution in [1.82, 2.24) is 30.2 Å². The number of ether oxygens (including phenoxy) is 3. The number of fused-ring (bicyclic) bond motifs is 3. The van der Waals surface area contributed by atoms with Crippen molar-refractivity contribution >= 4 is 44.9 Å². The van der Waals surface area contributed by atoms with Crippen LogP contribution < -0.4 is 24.8 Å². The molecule has 3 saturated carbocycles. The van der Waals surface area contributed by atoms with E-state index in [0.717, 1.165) is 17.7 Å². The monoisotopic (exact) mass is 834 g/mol. The highest BCUT2D eigenvalue weighted by molar-refractivity contribution is 7.91. The summed E-state index contributed by atoms with van der Waals surface area (Å²) in [5.41, 5.74) is -3.14. The minimum absolute atomic E-state index is 0.0427. The molecule has 19 heteroatoms. The molecular formula is C39H49F3N6O9S. The zero-order chi connectivity index (χ0) is 41.5. The summed E-state index contributed by atoms with van der Waals surface area (Å²) in [5.74, 6) is -3.58. The van der Waals surface area contributed by atoms with Gasteiger partial charge in [0.05, 0.1) is 29.4 Å². The molecular weight excluding hydrogens is 786 g/mol. The van der Waals surface area contributed by atoms with Crippen molar-refractivity contribution in [2.75, 3.05) is 13.7 Å². The van der Waals surface area contributed by atoms with E-state index in [1.165, 1.54) is 32.2 Å². The minimum Gasteiger partial charge on any atom is -0.497 e. The van der Waals surface area contributed by atoms with E-state index in [1.807, 2.05) is 6.08 Å². The third kappa shape index (κ3) is 8.54. The highest BCUT2D eigenvalue weighted by atomic mass is 32.2. The van der Waals surface area contributed by atoms with Gasteiger partial charge in [-0.15, -0.1) is 0 Å². The molecule has 3 N–H and O–H groups in total. The Morgan fingerprint density at radius 1 is 0.966 bits per heavy atom. The maximum atomic E-state index is 14.6. The van der Waals surface area contributed by atoms with E-state index in [0.29, 0.717) is 63.5 Å². The molecule has 15 nitrogen and oxygen atoms in total. The third-order valence-corrected chi connectivity index (χ3v) is 14.4. The summed E-state index contributed by atoms with van der Waals surface area (Å²) >= 11 is 0. The molecule has 0 spiro atoms. The lowest BCUT2D eigenvalue weighted by Crippen LogP contribution is -2.70. The maximum absolute atomic E-state index is 14.6. The largest absolute Gasteiger partial charge is 0.497 e. The number of methoxy groups -OCH3 is 1. The summed E-state index contributed by atoms with van der Waals surface area (Å²) in [7, 11) is -2.72. The van der Waals surface area contributed by atoms with Crippen LogP contribution in [-0.2, 0) is 35.3 Å². The molecule has 58 heavy (non-hydrogen) atoms. The van der Waals surface area contributed by atoms with Crippen LogP contribution in [0.2, 0.25) is 0 Å². The predicted molar refractivity (Wildman–Crippen MR) is 202 cm³/mol. The number of alkyl halides is 3. The second-order valence-corrected chi connectivity index (χ2v) is 18.5. The highest BCUT2D eigenvalue weighted by Gasteiger charge is 2.58. The van der Waals surface area contributed by atoms with Gasteiger partial charge in [0.1, 0.15) is 35.6 Å². The number of amides is 4. The summed E-state index contributed by atoms with van der Waals surface area (Å²) in [6, 6.07) is 1.58. The van der Waals surface area contributed by atoms with Crippen molar-refractivity contribution in [3.8, 4) is 11.6 Å². The number of rotatable bonds is 8. The maximum Gasteiger partial charge on any atom is 0.438 e. The normalized spacial score (nSPS) is 28.5. The summed E-state index contributed by atoms with van der Waals surface area (Å²) in [4.78, 5) is 65.3. The molecule has 316 valence electrons. The molecule has 4 amide bonds. The van der Waals surface area contributed by atoms with Crippen molar-refractivity contribution in [3.63, 3.8) is 0 Å². The fraction of sp³-hybridized carbons (Fsp3) is 0.641. The molecule has 3 heterocycles. The summed E-state index contributed by atoms with van der Waals surface area (Å²) in [6.45, 7) is 1.14. The molecule has 7 rings (SSSR count). The van der Waals surface area contributed by atoms with Gasteiger partial charge in [-0.1, -0.05) is 25.0 Å². The second-order valence-electron chi connectivity index (χ2n) is 16.3. The van der Waals surface area contributed by atoms with Crippen molar-refractivity contribution in [2.24, 2.45) is 5.92 Å². The van der Waals surface area contributed by atoms with Crippen LogP contribution in [0.15, 0.2) is 30.4 Å². The van der Waals surface area contributed by atoms with Gasteiger partial charge in [-0.3, -0.25) is 19.1 Å². The van der Waals surface area contributed by atoms with Crippen LogP contribution in [0.5, 0.6) is 11.6 Å². The number of benzene rings is 1. The Hall–Kier alpha value is -4.68. The molecule has 1 aromatic carbocycles. The number of halogens is 3. The van der Waals surface area contributed by atoms with Crippen LogP contribution in [0.4, 0.5) is 18.0 Å². The average molecular weight is 835 g/mol. The zero-order valence-corrected chi connectivity index (χ0v) is 33.3.